The first-order valence-electron chi connectivity index (χ1n) is 8.71. The van der Waals surface area contributed by atoms with Gasteiger partial charge in [0.05, 0.1) is 17.5 Å². The minimum Gasteiger partial charge on any atom is -0.352 e. The molecule has 0 atom stereocenters. The highest BCUT2D eigenvalue weighted by atomic mass is 16.2. The van der Waals surface area contributed by atoms with Crippen LogP contribution < -0.4 is 16.2 Å². The third-order valence-electron chi connectivity index (χ3n) is 4.22. The Hall–Kier alpha value is -3.75. The number of aromatic amines is 1. The second-order valence-electron chi connectivity index (χ2n) is 6.18. The molecule has 0 spiro atoms. The average molecular weight is 380 g/mol. The van der Waals surface area contributed by atoms with Crippen molar-refractivity contribution in [3.8, 4) is 5.82 Å². The van der Waals surface area contributed by atoms with Crippen LogP contribution in [0.1, 0.15) is 38.9 Å². The highest BCUT2D eigenvalue weighted by Crippen LogP contribution is 2.19. The molecule has 2 heterocycles. The molecule has 9 nitrogen and oxygen atoms in total. The molecule has 0 unspecified atom stereocenters. The number of benzene rings is 1. The predicted octanol–water partition coefficient (Wildman–Crippen LogP) is 1.57. The standard InChI is InChI=1S/C19H20N6O3/c1-4-20-18(27)13-6-5-11(2)15(9-13)22-19(28)14-10-21-25(12(14)3)16-7-8-17(26)24-23-16/h5-10H,4H2,1-3H3,(H,20,27)(H,22,28)(H,24,26). The molecule has 1 aromatic carbocycles. The van der Waals surface area contributed by atoms with Crippen molar-refractivity contribution in [3.05, 3.63) is 69.3 Å². The lowest BCUT2D eigenvalue weighted by molar-refractivity contribution is 0.0954. The van der Waals surface area contributed by atoms with Crippen LogP contribution in [0.2, 0.25) is 0 Å². The maximum atomic E-state index is 12.7. The van der Waals surface area contributed by atoms with Crippen LogP contribution in [-0.4, -0.2) is 38.3 Å². The Bertz CT molecular complexity index is 1080. The molecule has 0 aliphatic heterocycles. The van der Waals surface area contributed by atoms with E-state index in [9.17, 15) is 14.4 Å². The van der Waals surface area contributed by atoms with Crippen LogP contribution in [0, 0.1) is 13.8 Å². The van der Waals surface area contributed by atoms with Crippen LogP contribution in [0.15, 0.2) is 41.3 Å². The van der Waals surface area contributed by atoms with Crippen molar-refractivity contribution in [2.45, 2.75) is 20.8 Å². The average Bonchev–Trinajstić information content (AvgIpc) is 3.06. The van der Waals surface area contributed by atoms with Crippen molar-refractivity contribution < 1.29 is 9.59 Å². The van der Waals surface area contributed by atoms with Gasteiger partial charge in [-0.15, -0.1) is 0 Å². The van der Waals surface area contributed by atoms with Gasteiger partial charge in [0.1, 0.15) is 0 Å². The van der Waals surface area contributed by atoms with Crippen molar-refractivity contribution in [1.82, 2.24) is 25.3 Å². The summed E-state index contributed by atoms with van der Waals surface area (Å²) in [6.07, 6.45) is 1.43. The SMILES string of the molecule is CCNC(=O)c1ccc(C)c(NC(=O)c2cnn(-c3ccc(=O)[nH]n3)c2C)c1. The molecule has 144 valence electrons. The van der Waals surface area contributed by atoms with Crippen molar-refractivity contribution in [2.24, 2.45) is 0 Å². The van der Waals surface area contributed by atoms with Gasteiger partial charge < -0.3 is 10.6 Å². The molecule has 28 heavy (non-hydrogen) atoms. The third-order valence-corrected chi connectivity index (χ3v) is 4.22. The van der Waals surface area contributed by atoms with E-state index in [0.29, 0.717) is 34.9 Å². The monoisotopic (exact) mass is 380 g/mol. The van der Waals surface area contributed by atoms with Gasteiger partial charge in [-0.05, 0) is 44.5 Å². The van der Waals surface area contributed by atoms with E-state index in [0.717, 1.165) is 5.56 Å². The first kappa shape index (κ1) is 19.0. The molecule has 2 aromatic heterocycles. The Morgan fingerprint density at radius 3 is 2.61 bits per heavy atom. The van der Waals surface area contributed by atoms with Crippen LogP contribution in [0.25, 0.3) is 5.82 Å². The molecular formula is C19H20N6O3. The molecule has 0 radical (unpaired) electrons. The number of aryl methyl sites for hydroxylation is 1. The van der Waals surface area contributed by atoms with E-state index in [4.69, 9.17) is 0 Å². The van der Waals surface area contributed by atoms with E-state index >= 15 is 0 Å². The summed E-state index contributed by atoms with van der Waals surface area (Å²) in [5, 5.41) is 16.0. The fourth-order valence-electron chi connectivity index (χ4n) is 2.67. The molecule has 3 N–H and O–H groups in total. The van der Waals surface area contributed by atoms with E-state index in [1.807, 2.05) is 13.8 Å². The number of aromatic nitrogens is 4. The number of nitrogens with zero attached hydrogens (tertiary/aromatic N) is 3. The maximum Gasteiger partial charge on any atom is 0.264 e. The molecule has 0 bridgehead atoms. The first-order valence-corrected chi connectivity index (χ1v) is 8.71. The number of nitrogens with one attached hydrogen (secondary N) is 3. The van der Waals surface area contributed by atoms with Crippen LogP contribution in [-0.2, 0) is 0 Å². The zero-order chi connectivity index (χ0) is 20.3. The fraction of sp³-hybridized carbons (Fsp3) is 0.211. The number of H-pyrrole nitrogens is 1. The summed E-state index contributed by atoms with van der Waals surface area (Å²) in [5.74, 6) is -0.166. The van der Waals surface area contributed by atoms with E-state index in [1.54, 1.807) is 25.1 Å². The number of hydrogen-bond acceptors (Lipinski definition) is 5. The van der Waals surface area contributed by atoms with E-state index in [1.165, 1.54) is 23.0 Å². The molecule has 0 aliphatic rings. The summed E-state index contributed by atoms with van der Waals surface area (Å²) < 4.78 is 1.46. The lowest BCUT2D eigenvalue weighted by Gasteiger charge is -2.11. The lowest BCUT2D eigenvalue weighted by atomic mass is 10.1. The van der Waals surface area contributed by atoms with Gasteiger partial charge in [0.15, 0.2) is 5.82 Å². The van der Waals surface area contributed by atoms with Crippen LogP contribution in [0.3, 0.4) is 0 Å². The topological polar surface area (TPSA) is 122 Å². The minimum absolute atomic E-state index is 0.203. The molecule has 0 aliphatic carbocycles. The number of rotatable bonds is 5. The van der Waals surface area contributed by atoms with Crippen molar-refractivity contribution in [1.29, 1.82) is 0 Å². The number of anilines is 1. The third kappa shape index (κ3) is 3.83. The Kier molecular flexibility index (Phi) is 5.35. The highest BCUT2D eigenvalue weighted by molar-refractivity contribution is 6.06. The Balaban J connectivity index is 1.86. The number of carbonyl (C=O) groups is 2. The van der Waals surface area contributed by atoms with Crippen LogP contribution in [0.4, 0.5) is 5.69 Å². The fourth-order valence-corrected chi connectivity index (χ4v) is 2.67. The number of carbonyl (C=O) groups excluding carboxylic acids is 2. The van der Waals surface area contributed by atoms with Gasteiger partial charge in [-0.3, -0.25) is 14.4 Å². The van der Waals surface area contributed by atoms with E-state index in [2.05, 4.69) is 25.9 Å². The van der Waals surface area contributed by atoms with E-state index < -0.39 is 0 Å². The van der Waals surface area contributed by atoms with Gasteiger partial charge in [0.2, 0.25) is 0 Å². The summed E-state index contributed by atoms with van der Waals surface area (Å²) >= 11 is 0. The largest absolute Gasteiger partial charge is 0.352 e. The summed E-state index contributed by atoms with van der Waals surface area (Å²) in [6.45, 7) is 5.93. The smallest absolute Gasteiger partial charge is 0.264 e. The van der Waals surface area contributed by atoms with E-state index in [-0.39, 0.29) is 17.4 Å². The van der Waals surface area contributed by atoms with Crippen LogP contribution in [0.5, 0.6) is 0 Å². The van der Waals surface area contributed by atoms with Gasteiger partial charge in [0, 0.05) is 23.9 Å². The van der Waals surface area contributed by atoms with Gasteiger partial charge in [-0.2, -0.15) is 10.2 Å². The van der Waals surface area contributed by atoms with Gasteiger partial charge >= 0.3 is 0 Å². The molecule has 2 amide bonds. The van der Waals surface area contributed by atoms with Crippen molar-refractivity contribution >= 4 is 17.5 Å². The van der Waals surface area contributed by atoms with Crippen LogP contribution >= 0.6 is 0 Å². The maximum absolute atomic E-state index is 12.7. The quantitative estimate of drug-likeness (QED) is 0.620. The second kappa shape index (κ2) is 7.87. The van der Waals surface area contributed by atoms with Crippen molar-refractivity contribution in [3.63, 3.8) is 0 Å². The zero-order valence-electron chi connectivity index (χ0n) is 15.7. The Morgan fingerprint density at radius 2 is 1.93 bits per heavy atom. The van der Waals surface area contributed by atoms with Crippen molar-refractivity contribution in [2.75, 3.05) is 11.9 Å². The molecule has 9 heteroatoms. The summed E-state index contributed by atoms with van der Waals surface area (Å²) in [4.78, 5) is 35.9. The molecule has 0 fully saturated rings. The predicted molar refractivity (Wildman–Crippen MR) is 104 cm³/mol. The Labute approximate surface area is 160 Å². The Morgan fingerprint density at radius 1 is 1.14 bits per heavy atom. The molecule has 3 aromatic rings. The number of amides is 2. The minimum atomic E-state index is -0.357. The summed E-state index contributed by atoms with van der Waals surface area (Å²) in [7, 11) is 0. The zero-order valence-corrected chi connectivity index (χ0v) is 15.7. The molecule has 0 saturated carbocycles. The lowest BCUT2D eigenvalue weighted by Crippen LogP contribution is -2.23. The summed E-state index contributed by atoms with van der Waals surface area (Å²) in [5.41, 5.74) is 2.43. The number of hydrogen-bond donors (Lipinski definition) is 3. The van der Waals surface area contributed by atoms with Gasteiger partial charge in [-0.1, -0.05) is 6.07 Å². The first-order chi connectivity index (χ1) is 13.4. The molecule has 3 rings (SSSR count). The summed E-state index contributed by atoms with van der Waals surface area (Å²) in [6, 6.07) is 7.98. The highest BCUT2D eigenvalue weighted by Gasteiger charge is 2.17. The normalized spacial score (nSPS) is 10.5. The van der Waals surface area contributed by atoms with Gasteiger partial charge in [0.25, 0.3) is 17.4 Å². The second-order valence-corrected chi connectivity index (χ2v) is 6.18. The van der Waals surface area contributed by atoms with Gasteiger partial charge in [-0.25, -0.2) is 9.78 Å². The molecule has 0 saturated heterocycles. The molecular weight excluding hydrogens is 360 g/mol.